The van der Waals surface area contributed by atoms with Crippen molar-refractivity contribution in [1.29, 1.82) is 0 Å². The number of hydrogen-bond acceptors (Lipinski definition) is 7. The van der Waals surface area contributed by atoms with Gasteiger partial charge in [-0.15, -0.1) is 11.3 Å². The summed E-state index contributed by atoms with van der Waals surface area (Å²) in [5.74, 6) is 2.44. The summed E-state index contributed by atoms with van der Waals surface area (Å²) in [5, 5.41) is 8.09. The van der Waals surface area contributed by atoms with Crippen LogP contribution >= 0.6 is 11.3 Å². The standard InChI is InChI=1S/C23H20N6OS/c1-14-10-15(2-3-18(14)30-16-5-8-29-9-7-25-20(29)11-16)28-22-21-17-4-6-24-12-19(17)31-23(21)27-13-26-22/h2-3,5,7-11,13,24H,4,6,12H2,1H3,(H,26,27,28). The predicted molar refractivity (Wildman–Crippen MR) is 123 cm³/mol. The van der Waals surface area contributed by atoms with Crippen LogP contribution in [0.2, 0.25) is 0 Å². The molecule has 154 valence electrons. The summed E-state index contributed by atoms with van der Waals surface area (Å²) in [7, 11) is 0. The Morgan fingerprint density at radius 3 is 3.03 bits per heavy atom. The molecule has 5 aromatic rings. The van der Waals surface area contributed by atoms with Gasteiger partial charge in [0.25, 0.3) is 0 Å². The number of thiophene rings is 1. The Balaban J connectivity index is 1.29. The molecule has 0 aliphatic carbocycles. The van der Waals surface area contributed by atoms with Crippen molar-refractivity contribution < 1.29 is 4.74 Å². The molecule has 0 bridgehead atoms. The number of ether oxygens (including phenoxy) is 1. The Bertz CT molecular complexity index is 1420. The summed E-state index contributed by atoms with van der Waals surface area (Å²) >= 11 is 1.75. The Morgan fingerprint density at radius 1 is 1.13 bits per heavy atom. The highest BCUT2D eigenvalue weighted by molar-refractivity contribution is 7.19. The second-order valence-corrected chi connectivity index (χ2v) is 8.68. The molecule has 0 fully saturated rings. The first-order valence-electron chi connectivity index (χ1n) is 10.2. The molecule has 2 N–H and O–H groups in total. The molecule has 31 heavy (non-hydrogen) atoms. The molecule has 1 aliphatic heterocycles. The average molecular weight is 429 g/mol. The van der Waals surface area contributed by atoms with Crippen LogP contribution in [0.1, 0.15) is 16.0 Å². The lowest BCUT2D eigenvalue weighted by molar-refractivity contribution is 0.478. The first kappa shape index (κ1) is 18.3. The van der Waals surface area contributed by atoms with Crippen LogP contribution in [0.15, 0.2) is 55.2 Å². The third-order valence-corrected chi connectivity index (χ3v) is 6.68. The van der Waals surface area contributed by atoms with Gasteiger partial charge >= 0.3 is 0 Å². The fraction of sp³-hybridized carbons (Fsp3) is 0.174. The third-order valence-electron chi connectivity index (χ3n) is 5.54. The quantitative estimate of drug-likeness (QED) is 0.427. The van der Waals surface area contributed by atoms with Crippen molar-refractivity contribution in [1.82, 2.24) is 24.7 Å². The second-order valence-electron chi connectivity index (χ2n) is 7.60. The molecule has 6 rings (SSSR count). The zero-order valence-electron chi connectivity index (χ0n) is 16.9. The smallest absolute Gasteiger partial charge is 0.142 e. The van der Waals surface area contributed by atoms with E-state index in [1.54, 1.807) is 23.9 Å². The highest BCUT2D eigenvalue weighted by Crippen LogP contribution is 2.37. The van der Waals surface area contributed by atoms with Crippen molar-refractivity contribution in [3.05, 3.63) is 71.3 Å². The zero-order valence-corrected chi connectivity index (χ0v) is 17.7. The number of aromatic nitrogens is 4. The molecule has 4 aromatic heterocycles. The van der Waals surface area contributed by atoms with Crippen LogP contribution in [0.4, 0.5) is 11.5 Å². The monoisotopic (exact) mass is 428 g/mol. The average Bonchev–Trinajstić information content (AvgIpc) is 3.40. The molecule has 8 heteroatoms. The van der Waals surface area contributed by atoms with Gasteiger partial charge in [-0.2, -0.15) is 0 Å². The van der Waals surface area contributed by atoms with Crippen LogP contribution in [-0.4, -0.2) is 25.9 Å². The zero-order chi connectivity index (χ0) is 20.8. The normalized spacial score (nSPS) is 13.5. The molecule has 7 nitrogen and oxygen atoms in total. The van der Waals surface area contributed by atoms with Gasteiger partial charge in [-0.1, -0.05) is 0 Å². The van der Waals surface area contributed by atoms with Crippen LogP contribution in [-0.2, 0) is 13.0 Å². The minimum Gasteiger partial charge on any atom is -0.457 e. The van der Waals surface area contributed by atoms with E-state index in [2.05, 4.69) is 31.7 Å². The number of fused-ring (bicyclic) bond motifs is 4. The fourth-order valence-corrected chi connectivity index (χ4v) is 5.17. The van der Waals surface area contributed by atoms with Gasteiger partial charge in [-0.05, 0) is 55.3 Å². The highest BCUT2D eigenvalue weighted by Gasteiger charge is 2.19. The highest BCUT2D eigenvalue weighted by atomic mass is 32.1. The minimum atomic E-state index is 0.763. The number of pyridine rings is 1. The van der Waals surface area contributed by atoms with E-state index in [0.29, 0.717) is 0 Å². The number of aryl methyl sites for hydroxylation is 1. The fourth-order valence-electron chi connectivity index (χ4n) is 4.01. The van der Waals surface area contributed by atoms with Crippen molar-refractivity contribution >= 4 is 38.7 Å². The molecule has 0 saturated heterocycles. The van der Waals surface area contributed by atoms with Gasteiger partial charge in [-0.3, -0.25) is 0 Å². The molecule has 1 aliphatic rings. The Kier molecular flexibility index (Phi) is 4.33. The Labute approximate surface area is 182 Å². The van der Waals surface area contributed by atoms with Gasteiger partial charge in [0.2, 0.25) is 0 Å². The van der Waals surface area contributed by atoms with Gasteiger partial charge in [0.1, 0.15) is 34.1 Å². The minimum absolute atomic E-state index is 0.763. The summed E-state index contributed by atoms with van der Waals surface area (Å²) in [5.41, 5.74) is 4.24. The van der Waals surface area contributed by atoms with E-state index >= 15 is 0 Å². The van der Waals surface area contributed by atoms with Gasteiger partial charge in [0, 0.05) is 41.8 Å². The molecule has 0 amide bonds. The van der Waals surface area contributed by atoms with E-state index in [4.69, 9.17) is 4.74 Å². The van der Waals surface area contributed by atoms with Gasteiger partial charge in [0.05, 0.1) is 5.39 Å². The van der Waals surface area contributed by atoms with E-state index in [1.807, 2.05) is 48.0 Å². The summed E-state index contributed by atoms with van der Waals surface area (Å²) in [6.45, 7) is 3.94. The summed E-state index contributed by atoms with van der Waals surface area (Å²) in [6.07, 6.45) is 8.27. The molecular weight excluding hydrogens is 408 g/mol. The van der Waals surface area contributed by atoms with Crippen LogP contribution < -0.4 is 15.4 Å². The number of benzene rings is 1. The second kappa shape index (κ2) is 7.33. The third kappa shape index (κ3) is 3.30. The largest absolute Gasteiger partial charge is 0.457 e. The van der Waals surface area contributed by atoms with Crippen LogP contribution in [0.3, 0.4) is 0 Å². The van der Waals surface area contributed by atoms with Crippen molar-refractivity contribution in [3.63, 3.8) is 0 Å². The van der Waals surface area contributed by atoms with Gasteiger partial charge < -0.3 is 19.8 Å². The molecule has 0 unspecified atom stereocenters. The SMILES string of the molecule is Cc1cc(Nc2ncnc3sc4c(c23)CCNC4)ccc1Oc1ccn2ccnc2c1. The van der Waals surface area contributed by atoms with Crippen molar-refractivity contribution in [3.8, 4) is 11.5 Å². The first-order chi connectivity index (χ1) is 15.2. The first-order valence-corrected chi connectivity index (χ1v) is 11.0. The molecule has 0 spiro atoms. The van der Waals surface area contributed by atoms with E-state index in [-0.39, 0.29) is 0 Å². The van der Waals surface area contributed by atoms with Crippen molar-refractivity contribution in [2.24, 2.45) is 0 Å². The van der Waals surface area contributed by atoms with Crippen molar-refractivity contribution in [2.75, 3.05) is 11.9 Å². The number of nitrogens with zero attached hydrogens (tertiary/aromatic N) is 4. The number of anilines is 2. The van der Waals surface area contributed by atoms with Gasteiger partial charge in [0.15, 0.2) is 0 Å². The van der Waals surface area contributed by atoms with Gasteiger partial charge in [-0.25, -0.2) is 15.0 Å². The number of imidazole rings is 1. The summed E-state index contributed by atoms with van der Waals surface area (Å²) < 4.78 is 8.06. The molecule has 0 radical (unpaired) electrons. The number of hydrogen-bond donors (Lipinski definition) is 2. The molecular formula is C23H20N6OS. The molecule has 0 saturated carbocycles. The predicted octanol–water partition coefficient (Wildman–Crippen LogP) is 4.83. The topological polar surface area (TPSA) is 76.4 Å². The van der Waals surface area contributed by atoms with Crippen LogP contribution in [0.25, 0.3) is 15.9 Å². The maximum Gasteiger partial charge on any atom is 0.142 e. The van der Waals surface area contributed by atoms with E-state index < -0.39 is 0 Å². The molecule has 5 heterocycles. The van der Waals surface area contributed by atoms with Crippen LogP contribution in [0, 0.1) is 6.92 Å². The van der Waals surface area contributed by atoms with E-state index in [9.17, 15) is 0 Å². The number of nitrogens with one attached hydrogen (secondary N) is 2. The summed E-state index contributed by atoms with van der Waals surface area (Å²) in [6, 6.07) is 9.95. The lowest BCUT2D eigenvalue weighted by Crippen LogP contribution is -2.22. The molecule has 1 aromatic carbocycles. The Hall–Kier alpha value is -3.49. The van der Waals surface area contributed by atoms with E-state index in [1.165, 1.54) is 10.4 Å². The molecule has 0 atom stereocenters. The van der Waals surface area contributed by atoms with Crippen LogP contribution in [0.5, 0.6) is 11.5 Å². The lowest BCUT2D eigenvalue weighted by atomic mass is 10.1. The maximum atomic E-state index is 6.11. The van der Waals surface area contributed by atoms with Crippen molar-refractivity contribution in [2.45, 2.75) is 19.9 Å². The maximum absolute atomic E-state index is 6.11. The van der Waals surface area contributed by atoms with E-state index in [0.717, 1.165) is 63.9 Å². The number of rotatable bonds is 4. The Morgan fingerprint density at radius 2 is 2.10 bits per heavy atom. The lowest BCUT2D eigenvalue weighted by Gasteiger charge is -2.14. The summed E-state index contributed by atoms with van der Waals surface area (Å²) in [4.78, 5) is 15.8.